The van der Waals surface area contributed by atoms with Gasteiger partial charge in [0, 0.05) is 29.3 Å². The Bertz CT molecular complexity index is 1110. The number of hydrogen-bond acceptors (Lipinski definition) is 5. The molecular formula is C22H20FN5O. The number of carbonyl (C=O) groups is 1. The van der Waals surface area contributed by atoms with Crippen molar-refractivity contribution < 1.29 is 9.18 Å². The lowest BCUT2D eigenvalue weighted by molar-refractivity contribution is -0.110. The Morgan fingerprint density at radius 1 is 1.14 bits per heavy atom. The SMILES string of the molecule is Cc1cnc(CNc2ccc(N/C=C3/C(=O)Nc4cccc(C)c43)cc2F)cn1. The number of carbonyl (C=O) groups excluding carboxylic acids is 1. The van der Waals surface area contributed by atoms with E-state index in [2.05, 4.69) is 25.9 Å². The Labute approximate surface area is 167 Å². The van der Waals surface area contributed by atoms with Crippen LogP contribution in [0, 0.1) is 19.7 Å². The predicted octanol–water partition coefficient (Wildman–Crippen LogP) is 4.25. The van der Waals surface area contributed by atoms with Crippen molar-refractivity contribution in [2.45, 2.75) is 20.4 Å². The molecule has 146 valence electrons. The Kier molecular flexibility index (Phi) is 4.95. The van der Waals surface area contributed by atoms with E-state index in [0.717, 1.165) is 28.2 Å². The second-order valence-corrected chi connectivity index (χ2v) is 6.85. The molecule has 0 unspecified atom stereocenters. The van der Waals surface area contributed by atoms with Crippen LogP contribution in [0.2, 0.25) is 0 Å². The molecule has 7 heteroatoms. The molecule has 0 spiro atoms. The highest BCUT2D eigenvalue weighted by Crippen LogP contribution is 2.34. The average Bonchev–Trinajstić information content (AvgIpc) is 3.03. The summed E-state index contributed by atoms with van der Waals surface area (Å²) in [6, 6.07) is 10.5. The van der Waals surface area contributed by atoms with Crippen LogP contribution in [0.4, 0.5) is 21.5 Å². The quantitative estimate of drug-likeness (QED) is 0.569. The zero-order valence-corrected chi connectivity index (χ0v) is 16.1. The molecule has 3 N–H and O–H groups in total. The molecule has 0 saturated carbocycles. The highest BCUT2D eigenvalue weighted by molar-refractivity contribution is 6.32. The number of amides is 1. The van der Waals surface area contributed by atoms with Crippen LogP contribution in [0.15, 0.2) is 55.0 Å². The van der Waals surface area contributed by atoms with E-state index in [1.165, 1.54) is 6.07 Å². The van der Waals surface area contributed by atoms with Gasteiger partial charge in [0.05, 0.1) is 35.4 Å². The molecule has 0 atom stereocenters. The van der Waals surface area contributed by atoms with Crippen LogP contribution in [0.3, 0.4) is 0 Å². The van der Waals surface area contributed by atoms with Crippen molar-refractivity contribution in [2.75, 3.05) is 16.0 Å². The summed E-state index contributed by atoms with van der Waals surface area (Å²) < 4.78 is 14.5. The molecule has 0 saturated heterocycles. The van der Waals surface area contributed by atoms with Gasteiger partial charge in [-0.05, 0) is 43.7 Å². The van der Waals surface area contributed by atoms with Gasteiger partial charge in [-0.15, -0.1) is 0 Å². The third-order valence-electron chi connectivity index (χ3n) is 4.68. The molecule has 4 rings (SSSR count). The lowest BCUT2D eigenvalue weighted by Gasteiger charge is -2.09. The number of rotatable bonds is 5. The van der Waals surface area contributed by atoms with E-state index in [0.29, 0.717) is 23.5 Å². The van der Waals surface area contributed by atoms with Crippen LogP contribution in [-0.2, 0) is 11.3 Å². The van der Waals surface area contributed by atoms with Gasteiger partial charge in [-0.1, -0.05) is 12.1 Å². The summed E-state index contributed by atoms with van der Waals surface area (Å²) in [7, 11) is 0. The summed E-state index contributed by atoms with van der Waals surface area (Å²) in [5.74, 6) is -0.583. The van der Waals surface area contributed by atoms with Crippen molar-refractivity contribution in [3.8, 4) is 0 Å². The molecule has 2 heterocycles. The average molecular weight is 389 g/mol. The van der Waals surface area contributed by atoms with Crippen molar-refractivity contribution in [1.29, 1.82) is 0 Å². The number of fused-ring (bicyclic) bond motifs is 1. The summed E-state index contributed by atoms with van der Waals surface area (Å²) in [4.78, 5) is 20.7. The Morgan fingerprint density at radius 3 is 2.76 bits per heavy atom. The summed E-state index contributed by atoms with van der Waals surface area (Å²) in [5.41, 5.74) is 5.64. The van der Waals surface area contributed by atoms with Gasteiger partial charge in [-0.2, -0.15) is 0 Å². The van der Waals surface area contributed by atoms with Crippen molar-refractivity contribution in [2.24, 2.45) is 0 Å². The molecule has 1 amide bonds. The number of benzene rings is 2. The van der Waals surface area contributed by atoms with Crippen LogP contribution in [0.25, 0.3) is 5.57 Å². The third-order valence-corrected chi connectivity index (χ3v) is 4.68. The minimum Gasteiger partial charge on any atom is -0.377 e. The number of hydrogen-bond donors (Lipinski definition) is 3. The van der Waals surface area contributed by atoms with Gasteiger partial charge >= 0.3 is 0 Å². The topological polar surface area (TPSA) is 78.9 Å². The zero-order valence-electron chi connectivity index (χ0n) is 16.1. The maximum absolute atomic E-state index is 14.5. The van der Waals surface area contributed by atoms with Crippen molar-refractivity contribution in [1.82, 2.24) is 9.97 Å². The molecule has 3 aromatic rings. The second kappa shape index (κ2) is 7.71. The van der Waals surface area contributed by atoms with Crippen molar-refractivity contribution >= 4 is 28.5 Å². The monoisotopic (exact) mass is 389 g/mol. The fourth-order valence-electron chi connectivity index (χ4n) is 3.17. The van der Waals surface area contributed by atoms with Gasteiger partial charge < -0.3 is 16.0 Å². The lowest BCUT2D eigenvalue weighted by Crippen LogP contribution is -2.06. The van der Waals surface area contributed by atoms with Gasteiger partial charge in [0.2, 0.25) is 0 Å². The van der Waals surface area contributed by atoms with E-state index in [1.54, 1.807) is 30.7 Å². The lowest BCUT2D eigenvalue weighted by atomic mass is 10.0. The number of aromatic nitrogens is 2. The van der Waals surface area contributed by atoms with Crippen LogP contribution in [-0.4, -0.2) is 15.9 Å². The summed E-state index contributed by atoms with van der Waals surface area (Å²) in [6.07, 6.45) is 4.94. The molecule has 0 bridgehead atoms. The molecule has 6 nitrogen and oxygen atoms in total. The Balaban J connectivity index is 1.47. The van der Waals surface area contributed by atoms with Gasteiger partial charge in [-0.3, -0.25) is 14.8 Å². The van der Waals surface area contributed by atoms with Gasteiger partial charge in [0.15, 0.2) is 0 Å². The van der Waals surface area contributed by atoms with E-state index in [4.69, 9.17) is 0 Å². The molecule has 1 aliphatic heterocycles. The normalized spacial score (nSPS) is 13.9. The highest BCUT2D eigenvalue weighted by Gasteiger charge is 2.25. The largest absolute Gasteiger partial charge is 0.377 e. The van der Waals surface area contributed by atoms with Crippen molar-refractivity contribution in [3.05, 3.63) is 83.3 Å². The number of anilines is 3. The summed E-state index contributed by atoms with van der Waals surface area (Å²) in [5, 5.41) is 8.87. The summed E-state index contributed by atoms with van der Waals surface area (Å²) >= 11 is 0. The molecule has 0 fully saturated rings. The number of halogens is 1. The number of aryl methyl sites for hydroxylation is 2. The van der Waals surface area contributed by atoms with Crippen LogP contribution in [0.5, 0.6) is 0 Å². The smallest absolute Gasteiger partial charge is 0.257 e. The van der Waals surface area contributed by atoms with Crippen molar-refractivity contribution in [3.63, 3.8) is 0 Å². The molecule has 29 heavy (non-hydrogen) atoms. The van der Waals surface area contributed by atoms with Gasteiger partial charge in [-0.25, -0.2) is 4.39 Å². The first-order chi connectivity index (χ1) is 14.0. The first-order valence-electron chi connectivity index (χ1n) is 9.20. The Hall–Kier alpha value is -3.74. The number of nitrogens with one attached hydrogen (secondary N) is 3. The van der Waals surface area contributed by atoms with E-state index >= 15 is 0 Å². The van der Waals surface area contributed by atoms with E-state index in [9.17, 15) is 9.18 Å². The first-order valence-corrected chi connectivity index (χ1v) is 9.20. The predicted molar refractivity (Wildman–Crippen MR) is 112 cm³/mol. The van der Waals surface area contributed by atoms with Crippen LogP contribution >= 0.6 is 0 Å². The highest BCUT2D eigenvalue weighted by atomic mass is 19.1. The second-order valence-electron chi connectivity index (χ2n) is 6.85. The molecule has 1 aromatic heterocycles. The first kappa shape index (κ1) is 18.6. The Morgan fingerprint density at radius 2 is 2.00 bits per heavy atom. The summed E-state index contributed by atoms with van der Waals surface area (Å²) in [6.45, 7) is 4.18. The zero-order chi connectivity index (χ0) is 20.4. The van der Waals surface area contributed by atoms with E-state index in [1.807, 2.05) is 32.0 Å². The van der Waals surface area contributed by atoms with E-state index in [-0.39, 0.29) is 5.91 Å². The molecule has 1 aliphatic rings. The standard InChI is InChI=1S/C22H20FN5O/c1-13-4-3-5-20-21(13)17(22(29)28-20)12-26-15-6-7-19(18(23)8-15)27-11-16-10-24-14(2)9-25-16/h3-10,12,26-27H,11H2,1-2H3,(H,28,29)/b17-12+. The van der Waals surface area contributed by atoms with E-state index < -0.39 is 5.82 Å². The van der Waals surface area contributed by atoms with Crippen LogP contribution in [0.1, 0.15) is 22.5 Å². The minimum atomic E-state index is -0.402. The molecular weight excluding hydrogens is 369 g/mol. The third kappa shape index (κ3) is 3.94. The minimum absolute atomic E-state index is 0.181. The van der Waals surface area contributed by atoms with Gasteiger partial charge in [0.25, 0.3) is 5.91 Å². The maximum Gasteiger partial charge on any atom is 0.257 e. The fourth-order valence-corrected chi connectivity index (χ4v) is 3.17. The fraction of sp³-hybridized carbons (Fsp3) is 0.136. The molecule has 0 radical (unpaired) electrons. The molecule has 0 aliphatic carbocycles. The maximum atomic E-state index is 14.5. The van der Waals surface area contributed by atoms with Gasteiger partial charge in [0.1, 0.15) is 5.82 Å². The van der Waals surface area contributed by atoms with Crippen LogP contribution < -0.4 is 16.0 Å². The molecule has 2 aromatic carbocycles. The number of nitrogens with zero attached hydrogens (tertiary/aromatic N) is 2.